The van der Waals surface area contributed by atoms with Crippen LogP contribution in [0.4, 0.5) is 5.69 Å². The normalized spacial score (nSPS) is 23.0. The molecule has 0 unspecified atom stereocenters. The number of hydrogen-bond donors (Lipinski definition) is 1. The molecule has 1 aromatic rings. The minimum absolute atomic E-state index is 0.0102. The van der Waals surface area contributed by atoms with Gasteiger partial charge in [-0.3, -0.25) is 14.4 Å². The van der Waals surface area contributed by atoms with E-state index < -0.39 is 12.0 Å². The van der Waals surface area contributed by atoms with E-state index in [4.69, 9.17) is 9.47 Å². The van der Waals surface area contributed by atoms with Crippen LogP contribution >= 0.6 is 11.8 Å². The Morgan fingerprint density at radius 3 is 2.72 bits per heavy atom. The molecule has 0 aromatic heterocycles. The Kier molecular flexibility index (Phi) is 5.17. The van der Waals surface area contributed by atoms with Crippen LogP contribution in [0, 0.1) is 5.92 Å². The van der Waals surface area contributed by atoms with E-state index in [0.29, 0.717) is 23.6 Å². The van der Waals surface area contributed by atoms with Gasteiger partial charge < -0.3 is 19.7 Å². The highest BCUT2D eigenvalue weighted by molar-refractivity contribution is 8.14. The van der Waals surface area contributed by atoms with Crippen molar-refractivity contribution in [1.29, 1.82) is 0 Å². The number of rotatable bonds is 5. The van der Waals surface area contributed by atoms with Gasteiger partial charge in [-0.1, -0.05) is 11.8 Å². The predicted molar refractivity (Wildman–Crippen MR) is 94.0 cm³/mol. The predicted octanol–water partition coefficient (Wildman–Crippen LogP) is 1.20. The molecule has 25 heavy (non-hydrogen) atoms. The maximum Gasteiger partial charge on any atom is 0.227 e. The van der Waals surface area contributed by atoms with E-state index in [9.17, 15) is 14.4 Å². The summed E-state index contributed by atoms with van der Waals surface area (Å²) in [5, 5.41) is 2.76. The molecule has 2 heterocycles. The molecule has 0 aliphatic carbocycles. The first-order chi connectivity index (χ1) is 12.0. The maximum absolute atomic E-state index is 12.4. The zero-order chi connectivity index (χ0) is 18.0. The number of methoxy groups -OCH3 is 2. The van der Waals surface area contributed by atoms with Crippen molar-refractivity contribution >= 4 is 34.4 Å². The first kappa shape index (κ1) is 17.6. The van der Waals surface area contributed by atoms with Gasteiger partial charge in [-0.25, -0.2) is 0 Å². The molecule has 2 amide bonds. The van der Waals surface area contributed by atoms with Crippen LogP contribution in [0.2, 0.25) is 0 Å². The Morgan fingerprint density at radius 2 is 2.08 bits per heavy atom. The van der Waals surface area contributed by atoms with Gasteiger partial charge in [0.1, 0.15) is 11.5 Å². The van der Waals surface area contributed by atoms with Crippen LogP contribution in [0.1, 0.15) is 12.8 Å². The molecule has 2 aliphatic rings. The number of thioether (sulfide) groups is 1. The van der Waals surface area contributed by atoms with Gasteiger partial charge in [0.25, 0.3) is 0 Å². The summed E-state index contributed by atoms with van der Waals surface area (Å²) >= 11 is 1.24. The van der Waals surface area contributed by atoms with Crippen molar-refractivity contribution in [2.75, 3.05) is 31.4 Å². The number of carbonyl (C=O) groups excluding carboxylic acids is 3. The van der Waals surface area contributed by atoms with Crippen molar-refractivity contribution in [3.8, 4) is 11.5 Å². The lowest BCUT2D eigenvalue weighted by Gasteiger charge is -2.20. The number of amides is 2. The van der Waals surface area contributed by atoms with Crippen LogP contribution in [0.15, 0.2) is 18.2 Å². The number of benzene rings is 1. The first-order valence-electron chi connectivity index (χ1n) is 8.03. The molecule has 3 rings (SSSR count). The summed E-state index contributed by atoms with van der Waals surface area (Å²) in [6, 6.07) is 4.75. The van der Waals surface area contributed by atoms with Crippen LogP contribution in [0.25, 0.3) is 0 Å². The van der Waals surface area contributed by atoms with E-state index >= 15 is 0 Å². The molecule has 2 saturated heterocycles. The van der Waals surface area contributed by atoms with Crippen LogP contribution in [0.3, 0.4) is 0 Å². The number of hydrogen-bond acceptors (Lipinski definition) is 6. The Balaban J connectivity index is 1.74. The summed E-state index contributed by atoms with van der Waals surface area (Å²) in [5.41, 5.74) is 0.578. The average molecular weight is 364 g/mol. The van der Waals surface area contributed by atoms with Gasteiger partial charge in [0.15, 0.2) is 0 Å². The number of nitrogens with one attached hydrogen (secondary N) is 1. The van der Waals surface area contributed by atoms with Crippen LogP contribution in [0.5, 0.6) is 11.5 Å². The van der Waals surface area contributed by atoms with Crippen molar-refractivity contribution in [2.24, 2.45) is 5.92 Å². The second kappa shape index (κ2) is 7.35. The standard InChI is InChI=1S/C17H20N2O5S/c1-23-11-3-4-14(24-2)13(8-11)19-9-10(7-15(19)20)16(21)18-12-5-6-25-17(12)22/h3-4,8,10,12H,5-7,9H2,1-2H3,(H,18,21)/t10-,12-/m1/s1. The Hall–Kier alpha value is -2.22. The van der Waals surface area contributed by atoms with E-state index in [1.165, 1.54) is 23.8 Å². The van der Waals surface area contributed by atoms with Crippen molar-refractivity contribution < 1.29 is 23.9 Å². The zero-order valence-corrected chi connectivity index (χ0v) is 14.9. The number of carbonyl (C=O) groups is 3. The molecule has 1 aromatic carbocycles. The second-order valence-electron chi connectivity index (χ2n) is 5.96. The average Bonchev–Trinajstić information content (AvgIpc) is 3.20. The monoisotopic (exact) mass is 364 g/mol. The molecule has 0 radical (unpaired) electrons. The second-order valence-corrected chi connectivity index (χ2v) is 7.06. The Morgan fingerprint density at radius 1 is 1.28 bits per heavy atom. The molecule has 2 fully saturated rings. The molecule has 0 bridgehead atoms. The van der Waals surface area contributed by atoms with E-state index in [-0.39, 0.29) is 29.9 Å². The summed E-state index contributed by atoms with van der Waals surface area (Å²) in [6.07, 6.45) is 0.754. The summed E-state index contributed by atoms with van der Waals surface area (Å²) in [4.78, 5) is 38.1. The Bertz CT molecular complexity index is 708. The van der Waals surface area contributed by atoms with Gasteiger partial charge in [0.05, 0.1) is 31.9 Å². The highest BCUT2D eigenvalue weighted by atomic mass is 32.2. The van der Waals surface area contributed by atoms with E-state index in [1.54, 1.807) is 25.3 Å². The molecule has 2 atom stereocenters. The lowest BCUT2D eigenvalue weighted by molar-refractivity contribution is -0.128. The third-order valence-corrected chi connectivity index (χ3v) is 5.43. The SMILES string of the molecule is COc1ccc(OC)c(N2C[C@H](C(=O)N[C@@H]3CCSC3=O)CC2=O)c1. The van der Waals surface area contributed by atoms with Crippen LogP contribution in [-0.4, -0.2) is 49.5 Å². The number of anilines is 1. The molecular formula is C17H20N2O5S. The quantitative estimate of drug-likeness (QED) is 0.845. The fourth-order valence-corrected chi connectivity index (χ4v) is 3.97. The molecule has 1 N–H and O–H groups in total. The minimum atomic E-state index is -0.484. The molecule has 8 heteroatoms. The first-order valence-corrected chi connectivity index (χ1v) is 9.01. The highest BCUT2D eigenvalue weighted by Gasteiger charge is 2.38. The highest BCUT2D eigenvalue weighted by Crippen LogP contribution is 2.36. The summed E-state index contributed by atoms with van der Waals surface area (Å²) in [6.45, 7) is 0.252. The largest absolute Gasteiger partial charge is 0.497 e. The molecule has 0 saturated carbocycles. The molecule has 7 nitrogen and oxygen atoms in total. The third-order valence-electron chi connectivity index (χ3n) is 4.42. The molecular weight excluding hydrogens is 344 g/mol. The maximum atomic E-state index is 12.4. The van der Waals surface area contributed by atoms with Crippen LogP contribution in [-0.2, 0) is 14.4 Å². The lowest BCUT2D eigenvalue weighted by atomic mass is 10.1. The van der Waals surface area contributed by atoms with Gasteiger partial charge >= 0.3 is 0 Å². The van der Waals surface area contributed by atoms with Gasteiger partial charge in [-0.2, -0.15) is 0 Å². The van der Waals surface area contributed by atoms with Crippen molar-refractivity contribution in [2.45, 2.75) is 18.9 Å². The Labute approximate surface area is 150 Å². The fourth-order valence-electron chi connectivity index (χ4n) is 3.04. The van der Waals surface area contributed by atoms with Gasteiger partial charge in [0.2, 0.25) is 16.9 Å². The van der Waals surface area contributed by atoms with Crippen molar-refractivity contribution in [3.63, 3.8) is 0 Å². The van der Waals surface area contributed by atoms with Crippen molar-refractivity contribution in [1.82, 2.24) is 5.32 Å². The topological polar surface area (TPSA) is 84.9 Å². The molecule has 134 valence electrons. The smallest absolute Gasteiger partial charge is 0.227 e. The zero-order valence-electron chi connectivity index (χ0n) is 14.1. The third kappa shape index (κ3) is 3.58. The summed E-state index contributed by atoms with van der Waals surface area (Å²) in [7, 11) is 3.07. The fraction of sp³-hybridized carbons (Fsp3) is 0.471. The number of ether oxygens (including phenoxy) is 2. The van der Waals surface area contributed by atoms with E-state index in [1.807, 2.05) is 0 Å². The van der Waals surface area contributed by atoms with Crippen molar-refractivity contribution in [3.05, 3.63) is 18.2 Å². The molecule has 2 aliphatic heterocycles. The minimum Gasteiger partial charge on any atom is -0.497 e. The summed E-state index contributed by atoms with van der Waals surface area (Å²) in [5.74, 6) is 0.974. The van der Waals surface area contributed by atoms with Gasteiger partial charge in [-0.05, 0) is 18.6 Å². The molecule has 0 spiro atoms. The van der Waals surface area contributed by atoms with E-state index in [2.05, 4.69) is 5.32 Å². The van der Waals surface area contributed by atoms with E-state index in [0.717, 1.165) is 5.75 Å². The van der Waals surface area contributed by atoms with Gasteiger partial charge in [0, 0.05) is 24.8 Å². The lowest BCUT2D eigenvalue weighted by Crippen LogP contribution is -2.41. The van der Waals surface area contributed by atoms with Gasteiger partial charge in [-0.15, -0.1) is 0 Å². The summed E-state index contributed by atoms with van der Waals surface area (Å²) < 4.78 is 10.5. The van der Waals surface area contributed by atoms with Crippen LogP contribution < -0.4 is 19.7 Å². The number of nitrogens with zero attached hydrogens (tertiary/aromatic N) is 1.